The number of H-pyrrole nitrogens is 1. The van der Waals surface area contributed by atoms with Gasteiger partial charge in [0.25, 0.3) is 0 Å². The molecule has 1 heterocycles. The molecule has 0 aliphatic heterocycles. The van der Waals surface area contributed by atoms with E-state index >= 15 is 0 Å². The van der Waals surface area contributed by atoms with E-state index in [9.17, 15) is 4.79 Å². The van der Waals surface area contributed by atoms with Crippen molar-refractivity contribution in [2.75, 3.05) is 0 Å². The number of amides is 1. The average molecular weight is 333 g/mol. The number of benzene rings is 1. The molecular formula is C17H21ClN4O. The highest BCUT2D eigenvalue weighted by Crippen LogP contribution is 2.48. The summed E-state index contributed by atoms with van der Waals surface area (Å²) in [4.78, 5) is 17.3. The highest BCUT2D eigenvalue weighted by atomic mass is 35.5. The Bertz CT molecular complexity index is 721. The Hall–Kier alpha value is -1.88. The van der Waals surface area contributed by atoms with Crippen LogP contribution in [0.2, 0.25) is 5.02 Å². The Morgan fingerprint density at radius 1 is 1.48 bits per heavy atom. The molecule has 6 heteroatoms. The summed E-state index contributed by atoms with van der Waals surface area (Å²) in [7, 11) is 0. The molecule has 5 nitrogen and oxygen atoms in total. The largest absolute Gasteiger partial charge is 0.346 e. The number of hydrogen-bond donors (Lipinski definition) is 2. The van der Waals surface area contributed by atoms with Crippen LogP contribution < -0.4 is 5.32 Å². The summed E-state index contributed by atoms with van der Waals surface area (Å²) in [6.45, 7) is 5.90. The maximum Gasteiger partial charge on any atom is 0.231 e. The highest BCUT2D eigenvalue weighted by Gasteiger charge is 2.50. The molecule has 1 aliphatic rings. The van der Waals surface area contributed by atoms with E-state index in [1.807, 2.05) is 38.1 Å². The second-order valence-corrected chi connectivity index (χ2v) is 7.02. The molecule has 1 unspecified atom stereocenters. The lowest BCUT2D eigenvalue weighted by Crippen LogP contribution is -2.53. The molecule has 2 N–H and O–H groups in total. The van der Waals surface area contributed by atoms with Crippen molar-refractivity contribution in [2.45, 2.75) is 45.1 Å². The van der Waals surface area contributed by atoms with Gasteiger partial charge in [0.05, 0.1) is 11.5 Å². The van der Waals surface area contributed by atoms with Crippen molar-refractivity contribution in [3.05, 3.63) is 46.5 Å². The second kappa shape index (κ2) is 5.96. The Morgan fingerprint density at radius 2 is 2.22 bits per heavy atom. The minimum Gasteiger partial charge on any atom is -0.346 e. The first kappa shape index (κ1) is 16.0. The number of halogens is 1. The van der Waals surface area contributed by atoms with Crippen LogP contribution in [0.1, 0.15) is 49.9 Å². The minimum absolute atomic E-state index is 0.0211. The Morgan fingerprint density at radius 3 is 2.78 bits per heavy atom. The topological polar surface area (TPSA) is 70.7 Å². The van der Waals surface area contributed by atoms with E-state index < -0.39 is 5.41 Å². The first-order valence-corrected chi connectivity index (χ1v) is 8.24. The fraction of sp³-hybridized carbons (Fsp3) is 0.471. The van der Waals surface area contributed by atoms with Crippen molar-refractivity contribution < 1.29 is 4.79 Å². The fourth-order valence-corrected chi connectivity index (χ4v) is 3.61. The van der Waals surface area contributed by atoms with Gasteiger partial charge in [-0.1, -0.05) is 30.7 Å². The molecule has 0 spiro atoms. The standard InChI is InChI=1S/C17H21ClN4O/c1-10-8-17(9-10,13-5-4-6-14(18)7-13)16(23)19-11(2)15-20-12(3)21-22-15/h4-7,10-11H,8-9H2,1-3H3,(H,19,23)(H,20,21,22). The molecule has 0 bridgehead atoms. The number of nitrogens with zero attached hydrogens (tertiary/aromatic N) is 2. The fourth-order valence-electron chi connectivity index (χ4n) is 3.42. The van der Waals surface area contributed by atoms with E-state index in [0.717, 1.165) is 24.2 Å². The Kier molecular flexibility index (Phi) is 4.15. The van der Waals surface area contributed by atoms with Gasteiger partial charge in [-0.2, -0.15) is 5.10 Å². The molecule has 1 atom stereocenters. The number of aromatic nitrogens is 3. The van der Waals surface area contributed by atoms with Gasteiger partial charge in [0, 0.05) is 5.02 Å². The predicted octanol–water partition coefficient (Wildman–Crippen LogP) is 3.31. The number of carbonyl (C=O) groups is 1. The molecule has 23 heavy (non-hydrogen) atoms. The van der Waals surface area contributed by atoms with Crippen LogP contribution in [0.4, 0.5) is 0 Å². The molecule has 1 amide bonds. The number of rotatable bonds is 4. The summed E-state index contributed by atoms with van der Waals surface area (Å²) < 4.78 is 0. The molecule has 0 saturated heterocycles. The number of nitrogens with one attached hydrogen (secondary N) is 2. The molecule has 1 aromatic carbocycles. The van der Waals surface area contributed by atoms with Crippen LogP contribution in [-0.2, 0) is 10.2 Å². The summed E-state index contributed by atoms with van der Waals surface area (Å²) in [5.41, 5.74) is 0.489. The average Bonchev–Trinajstić information content (AvgIpc) is 2.90. The monoisotopic (exact) mass is 332 g/mol. The summed E-state index contributed by atoms with van der Waals surface area (Å²) in [5.74, 6) is 1.89. The van der Waals surface area contributed by atoms with Gasteiger partial charge in [0.1, 0.15) is 5.82 Å². The quantitative estimate of drug-likeness (QED) is 0.902. The highest BCUT2D eigenvalue weighted by molar-refractivity contribution is 6.30. The van der Waals surface area contributed by atoms with Crippen molar-refractivity contribution in [3.63, 3.8) is 0 Å². The molecule has 122 valence electrons. The summed E-state index contributed by atoms with van der Waals surface area (Å²) >= 11 is 6.12. The van der Waals surface area contributed by atoms with E-state index in [1.165, 1.54) is 0 Å². The van der Waals surface area contributed by atoms with Gasteiger partial charge in [-0.25, -0.2) is 4.98 Å². The van der Waals surface area contributed by atoms with Gasteiger partial charge in [-0.3, -0.25) is 9.89 Å². The number of hydrogen-bond acceptors (Lipinski definition) is 3. The lowest BCUT2D eigenvalue weighted by molar-refractivity contribution is -0.132. The van der Waals surface area contributed by atoms with E-state index in [-0.39, 0.29) is 11.9 Å². The molecule has 0 radical (unpaired) electrons. The van der Waals surface area contributed by atoms with Crippen LogP contribution in [-0.4, -0.2) is 21.1 Å². The van der Waals surface area contributed by atoms with Gasteiger partial charge in [0.15, 0.2) is 5.82 Å². The van der Waals surface area contributed by atoms with E-state index in [4.69, 9.17) is 11.6 Å². The van der Waals surface area contributed by atoms with E-state index in [0.29, 0.717) is 16.8 Å². The molecule has 2 aromatic rings. The molecule has 1 aromatic heterocycles. The Balaban J connectivity index is 1.82. The van der Waals surface area contributed by atoms with Crippen molar-refractivity contribution in [2.24, 2.45) is 5.92 Å². The van der Waals surface area contributed by atoms with Crippen LogP contribution >= 0.6 is 11.6 Å². The molecular weight excluding hydrogens is 312 g/mol. The SMILES string of the molecule is Cc1nc(C(C)NC(=O)C2(c3cccc(Cl)c3)CC(C)C2)n[nH]1. The molecule has 1 aliphatic carbocycles. The number of aryl methyl sites for hydroxylation is 1. The van der Waals surface area contributed by atoms with Gasteiger partial charge >= 0.3 is 0 Å². The van der Waals surface area contributed by atoms with Crippen molar-refractivity contribution in [1.82, 2.24) is 20.5 Å². The maximum atomic E-state index is 13.0. The lowest BCUT2D eigenvalue weighted by atomic mass is 9.58. The van der Waals surface area contributed by atoms with Crippen molar-refractivity contribution in [1.29, 1.82) is 0 Å². The van der Waals surface area contributed by atoms with E-state index in [1.54, 1.807) is 0 Å². The second-order valence-electron chi connectivity index (χ2n) is 6.58. The molecule has 3 rings (SSSR count). The Labute approximate surface area is 140 Å². The molecule has 1 fully saturated rings. The van der Waals surface area contributed by atoms with Gasteiger partial charge < -0.3 is 5.32 Å². The third-order valence-electron chi connectivity index (χ3n) is 4.56. The summed E-state index contributed by atoms with van der Waals surface area (Å²) in [6.07, 6.45) is 1.66. The van der Waals surface area contributed by atoms with Crippen molar-refractivity contribution in [3.8, 4) is 0 Å². The van der Waals surface area contributed by atoms with Gasteiger partial charge in [0.2, 0.25) is 5.91 Å². The van der Waals surface area contributed by atoms with Gasteiger partial charge in [-0.05, 0) is 50.3 Å². The normalized spacial score (nSPS) is 24.8. The summed E-state index contributed by atoms with van der Waals surface area (Å²) in [6, 6.07) is 7.38. The van der Waals surface area contributed by atoms with Crippen LogP contribution in [0.3, 0.4) is 0 Å². The smallest absolute Gasteiger partial charge is 0.231 e. The zero-order valence-electron chi connectivity index (χ0n) is 13.6. The number of carbonyl (C=O) groups excluding carboxylic acids is 1. The van der Waals surface area contributed by atoms with Crippen LogP contribution in [0.25, 0.3) is 0 Å². The summed E-state index contributed by atoms with van der Waals surface area (Å²) in [5, 5.41) is 10.7. The third-order valence-corrected chi connectivity index (χ3v) is 4.79. The lowest BCUT2D eigenvalue weighted by Gasteiger charge is -2.46. The minimum atomic E-state index is -0.496. The van der Waals surface area contributed by atoms with Gasteiger partial charge in [-0.15, -0.1) is 0 Å². The third kappa shape index (κ3) is 2.98. The first-order chi connectivity index (χ1) is 10.9. The first-order valence-electron chi connectivity index (χ1n) is 7.86. The van der Waals surface area contributed by atoms with Crippen LogP contribution in [0, 0.1) is 12.8 Å². The molecule has 1 saturated carbocycles. The predicted molar refractivity (Wildman–Crippen MR) is 89.2 cm³/mol. The van der Waals surface area contributed by atoms with Crippen LogP contribution in [0.5, 0.6) is 0 Å². The van der Waals surface area contributed by atoms with Crippen LogP contribution in [0.15, 0.2) is 24.3 Å². The maximum absolute atomic E-state index is 13.0. The zero-order chi connectivity index (χ0) is 16.6. The zero-order valence-corrected chi connectivity index (χ0v) is 14.3. The van der Waals surface area contributed by atoms with E-state index in [2.05, 4.69) is 27.4 Å². The van der Waals surface area contributed by atoms with Crippen molar-refractivity contribution >= 4 is 17.5 Å². The number of aromatic amines is 1.